The number of rotatable bonds is 47. The van der Waals surface area contributed by atoms with Gasteiger partial charge in [-0.15, -0.1) is 0 Å². The fraction of sp³-hybridized carbons (Fsp3) is 0.737. The average Bonchev–Trinajstić information content (AvgIpc) is 3.28. The molecular weight excluding hydrogens is 781 g/mol. The molecule has 0 aliphatic heterocycles. The average molecular weight is 879 g/mol. The molecule has 0 rings (SSSR count). The summed E-state index contributed by atoms with van der Waals surface area (Å²) in [5, 5.41) is 0. The summed E-state index contributed by atoms with van der Waals surface area (Å²) < 4.78 is 16.8. The minimum Gasteiger partial charge on any atom is -0.462 e. The van der Waals surface area contributed by atoms with E-state index in [1.165, 1.54) is 103 Å². The molecule has 0 aliphatic rings. The lowest BCUT2D eigenvalue weighted by Gasteiger charge is -2.18. The van der Waals surface area contributed by atoms with E-state index >= 15 is 0 Å². The summed E-state index contributed by atoms with van der Waals surface area (Å²) in [4.78, 5) is 38.0. The maximum Gasteiger partial charge on any atom is 0.306 e. The van der Waals surface area contributed by atoms with Crippen LogP contribution in [-0.4, -0.2) is 37.2 Å². The maximum atomic E-state index is 12.8. The summed E-state index contributed by atoms with van der Waals surface area (Å²) in [6.45, 7) is 6.47. The minimum atomic E-state index is -0.787. The Morgan fingerprint density at radius 1 is 0.333 bits per heavy atom. The lowest BCUT2D eigenvalue weighted by atomic mass is 10.1. The number of hydrogen-bond acceptors (Lipinski definition) is 6. The summed E-state index contributed by atoms with van der Waals surface area (Å²) >= 11 is 0. The molecule has 362 valence electrons. The molecule has 0 radical (unpaired) electrons. The summed E-state index contributed by atoms with van der Waals surface area (Å²) in [5.74, 6) is -0.915. The number of unbranched alkanes of at least 4 members (excludes halogenated alkanes) is 24. The van der Waals surface area contributed by atoms with Crippen molar-refractivity contribution in [1.29, 1.82) is 0 Å². The Morgan fingerprint density at radius 2 is 0.619 bits per heavy atom. The van der Waals surface area contributed by atoms with Crippen molar-refractivity contribution in [3.8, 4) is 0 Å². The van der Waals surface area contributed by atoms with E-state index in [4.69, 9.17) is 14.2 Å². The largest absolute Gasteiger partial charge is 0.462 e. The van der Waals surface area contributed by atoms with Crippen molar-refractivity contribution in [2.45, 2.75) is 258 Å². The van der Waals surface area contributed by atoms with E-state index in [9.17, 15) is 14.4 Å². The second-order valence-electron chi connectivity index (χ2n) is 17.4. The number of carbonyl (C=O) groups excluding carboxylic acids is 3. The van der Waals surface area contributed by atoms with Gasteiger partial charge in [0.25, 0.3) is 0 Å². The Hall–Kier alpha value is -3.15. The van der Waals surface area contributed by atoms with Crippen molar-refractivity contribution >= 4 is 17.9 Å². The molecule has 0 heterocycles. The van der Waals surface area contributed by atoms with E-state index in [0.717, 1.165) is 109 Å². The number of ether oxygens (including phenoxy) is 3. The van der Waals surface area contributed by atoms with Crippen molar-refractivity contribution in [3.63, 3.8) is 0 Å². The van der Waals surface area contributed by atoms with Gasteiger partial charge in [-0.25, -0.2) is 0 Å². The first-order chi connectivity index (χ1) is 31.0. The van der Waals surface area contributed by atoms with Gasteiger partial charge >= 0.3 is 17.9 Å². The van der Waals surface area contributed by atoms with Crippen LogP contribution in [-0.2, 0) is 28.6 Å². The summed E-state index contributed by atoms with van der Waals surface area (Å²) in [7, 11) is 0. The summed E-state index contributed by atoms with van der Waals surface area (Å²) in [6, 6.07) is 0. The molecule has 0 amide bonds. The van der Waals surface area contributed by atoms with E-state index in [2.05, 4.69) is 93.7 Å². The molecule has 6 nitrogen and oxygen atoms in total. The molecular formula is C57H98O6. The zero-order valence-electron chi connectivity index (χ0n) is 41.3. The normalized spacial score (nSPS) is 12.6. The van der Waals surface area contributed by atoms with Crippen LogP contribution in [0, 0.1) is 0 Å². The minimum absolute atomic E-state index is 0.0852. The monoisotopic (exact) mass is 879 g/mol. The molecule has 0 aromatic heterocycles. The first kappa shape index (κ1) is 59.9. The SMILES string of the molecule is CC/C=C\C/C=C\C/C=C\C/C=C\CCCCCCC(=O)OC[C@H](COC(=O)CCCCCCCCCCCCC)OC(=O)CCCCCCCCC/C=C\C/C=C\CCCCC. The maximum absolute atomic E-state index is 12.8. The van der Waals surface area contributed by atoms with Gasteiger partial charge in [0, 0.05) is 19.3 Å². The number of hydrogen-bond donors (Lipinski definition) is 0. The summed E-state index contributed by atoms with van der Waals surface area (Å²) in [5.41, 5.74) is 0. The molecule has 0 saturated heterocycles. The van der Waals surface area contributed by atoms with E-state index in [1.54, 1.807) is 0 Å². The number of allylic oxidation sites excluding steroid dienone is 12. The highest BCUT2D eigenvalue weighted by atomic mass is 16.6. The van der Waals surface area contributed by atoms with Crippen molar-refractivity contribution in [2.24, 2.45) is 0 Å². The molecule has 1 atom stereocenters. The highest BCUT2D eigenvalue weighted by molar-refractivity contribution is 5.71. The van der Waals surface area contributed by atoms with Crippen LogP contribution in [0.2, 0.25) is 0 Å². The Balaban J connectivity index is 4.41. The third-order valence-electron chi connectivity index (χ3n) is 11.2. The molecule has 0 spiro atoms. The smallest absolute Gasteiger partial charge is 0.306 e. The van der Waals surface area contributed by atoms with Crippen molar-refractivity contribution in [2.75, 3.05) is 13.2 Å². The molecule has 0 saturated carbocycles. The molecule has 0 aliphatic carbocycles. The standard InChI is InChI=1S/C57H98O6/c1-4-7-10-13-16-19-22-24-26-28-30-32-35-38-41-44-47-50-56(59)62-53-54(52-61-55(58)49-46-43-40-37-34-21-18-15-12-9-6-3)63-57(60)51-48-45-42-39-36-33-31-29-27-25-23-20-17-14-11-8-5-2/h7,10,16-17,19-20,24-27,30,32,54H,4-6,8-9,11-15,18,21-23,28-29,31,33-53H2,1-3H3/b10-7-,19-16-,20-17-,26-24-,27-25-,32-30-/t54-/m0/s1. The van der Waals surface area contributed by atoms with Crippen molar-refractivity contribution in [3.05, 3.63) is 72.9 Å². The third-order valence-corrected chi connectivity index (χ3v) is 11.2. The Kier molecular flexibility index (Phi) is 48.9. The molecule has 63 heavy (non-hydrogen) atoms. The molecule has 0 aromatic carbocycles. The van der Waals surface area contributed by atoms with Gasteiger partial charge in [0.2, 0.25) is 0 Å². The van der Waals surface area contributed by atoms with E-state index in [0.29, 0.717) is 19.3 Å². The number of esters is 3. The van der Waals surface area contributed by atoms with Crippen LogP contribution < -0.4 is 0 Å². The first-order valence-corrected chi connectivity index (χ1v) is 26.4. The number of carbonyl (C=O) groups is 3. The summed E-state index contributed by atoms with van der Waals surface area (Å²) in [6.07, 6.45) is 64.5. The highest BCUT2D eigenvalue weighted by Gasteiger charge is 2.19. The molecule has 0 aromatic rings. The van der Waals surface area contributed by atoms with Crippen molar-refractivity contribution in [1.82, 2.24) is 0 Å². The van der Waals surface area contributed by atoms with Crippen LogP contribution in [0.25, 0.3) is 0 Å². The van der Waals surface area contributed by atoms with E-state index in [1.807, 2.05) is 0 Å². The van der Waals surface area contributed by atoms with Gasteiger partial charge in [0.15, 0.2) is 6.10 Å². The second-order valence-corrected chi connectivity index (χ2v) is 17.4. The van der Waals surface area contributed by atoms with Crippen LogP contribution in [0.15, 0.2) is 72.9 Å². The second kappa shape index (κ2) is 51.5. The van der Waals surface area contributed by atoms with Gasteiger partial charge in [-0.3, -0.25) is 14.4 Å². The third kappa shape index (κ3) is 49.7. The van der Waals surface area contributed by atoms with Gasteiger partial charge in [-0.1, -0.05) is 216 Å². The van der Waals surface area contributed by atoms with Crippen LogP contribution in [0.4, 0.5) is 0 Å². The van der Waals surface area contributed by atoms with E-state index < -0.39 is 6.10 Å². The zero-order chi connectivity index (χ0) is 45.8. The molecule has 0 bridgehead atoms. The Morgan fingerprint density at radius 3 is 1.00 bits per heavy atom. The fourth-order valence-electron chi connectivity index (χ4n) is 7.23. The first-order valence-electron chi connectivity index (χ1n) is 26.4. The zero-order valence-corrected chi connectivity index (χ0v) is 41.3. The van der Waals surface area contributed by atoms with Gasteiger partial charge < -0.3 is 14.2 Å². The quantitative estimate of drug-likeness (QED) is 0.0262. The molecule has 0 N–H and O–H groups in total. The van der Waals surface area contributed by atoms with Crippen molar-refractivity contribution < 1.29 is 28.6 Å². The fourth-order valence-corrected chi connectivity index (χ4v) is 7.23. The Bertz CT molecular complexity index is 1190. The molecule has 6 heteroatoms. The van der Waals surface area contributed by atoms with Crippen LogP contribution in [0.5, 0.6) is 0 Å². The molecule has 0 fully saturated rings. The van der Waals surface area contributed by atoms with E-state index in [-0.39, 0.29) is 31.1 Å². The Labute approximate surface area is 389 Å². The highest BCUT2D eigenvalue weighted by Crippen LogP contribution is 2.14. The lowest BCUT2D eigenvalue weighted by molar-refractivity contribution is -0.167. The van der Waals surface area contributed by atoms with Gasteiger partial charge in [-0.05, 0) is 89.9 Å². The van der Waals surface area contributed by atoms with Gasteiger partial charge in [-0.2, -0.15) is 0 Å². The van der Waals surface area contributed by atoms with Crippen LogP contribution in [0.3, 0.4) is 0 Å². The molecule has 0 unspecified atom stereocenters. The van der Waals surface area contributed by atoms with Gasteiger partial charge in [0.1, 0.15) is 13.2 Å². The van der Waals surface area contributed by atoms with Crippen LogP contribution >= 0.6 is 0 Å². The van der Waals surface area contributed by atoms with Crippen LogP contribution in [0.1, 0.15) is 252 Å². The lowest BCUT2D eigenvalue weighted by Crippen LogP contribution is -2.30. The predicted octanol–water partition coefficient (Wildman–Crippen LogP) is 17.4. The van der Waals surface area contributed by atoms with Gasteiger partial charge in [0.05, 0.1) is 0 Å². The predicted molar refractivity (Wildman–Crippen MR) is 270 cm³/mol. The topological polar surface area (TPSA) is 78.9 Å².